The Kier molecular flexibility index (Phi) is 2.26. The molecule has 1 aliphatic rings. The molecule has 3 aromatic rings. The van der Waals surface area contributed by atoms with Crippen molar-refractivity contribution in [2.45, 2.75) is 18.4 Å². The van der Waals surface area contributed by atoms with E-state index in [0.29, 0.717) is 5.92 Å². The van der Waals surface area contributed by atoms with E-state index >= 15 is 0 Å². The molecule has 2 heteroatoms. The Hall–Kier alpha value is -2.06. The molecule has 0 bridgehead atoms. The van der Waals surface area contributed by atoms with E-state index in [1.807, 2.05) is 0 Å². The van der Waals surface area contributed by atoms with Crippen molar-refractivity contribution in [3.8, 4) is 0 Å². The third-order valence-electron chi connectivity index (χ3n) is 4.26. The van der Waals surface area contributed by atoms with Gasteiger partial charge in [-0.2, -0.15) is 0 Å². The minimum absolute atomic E-state index is 0.162. The Labute approximate surface area is 112 Å². The normalized spacial score (nSPS) is 21.7. The van der Waals surface area contributed by atoms with Crippen LogP contribution in [-0.2, 0) is 0 Å². The summed E-state index contributed by atoms with van der Waals surface area (Å²) in [6, 6.07) is 17.2. The molecule has 1 aliphatic carbocycles. The first-order valence-electron chi connectivity index (χ1n) is 6.75. The van der Waals surface area contributed by atoms with Gasteiger partial charge in [-0.3, -0.25) is 0 Å². The average molecular weight is 248 g/mol. The minimum Gasteiger partial charge on any atom is -0.361 e. The topological polar surface area (TPSA) is 41.8 Å². The highest BCUT2D eigenvalue weighted by Crippen LogP contribution is 2.44. The van der Waals surface area contributed by atoms with Crippen LogP contribution in [0.5, 0.6) is 0 Å². The predicted octanol–water partition coefficient (Wildman–Crippen LogP) is 3.70. The van der Waals surface area contributed by atoms with Gasteiger partial charge in [0.25, 0.3) is 0 Å². The quantitative estimate of drug-likeness (QED) is 0.677. The zero-order valence-corrected chi connectivity index (χ0v) is 10.6. The van der Waals surface area contributed by atoms with Crippen molar-refractivity contribution >= 4 is 10.9 Å². The van der Waals surface area contributed by atoms with Crippen molar-refractivity contribution in [3.05, 3.63) is 71.4 Å². The molecule has 0 spiro atoms. The Balaban J connectivity index is 1.90. The number of aromatic amines is 1. The molecule has 0 saturated carbocycles. The zero-order valence-electron chi connectivity index (χ0n) is 10.6. The van der Waals surface area contributed by atoms with Crippen molar-refractivity contribution in [2.24, 2.45) is 5.73 Å². The second-order valence-corrected chi connectivity index (χ2v) is 5.31. The fraction of sp³-hybridized carbons (Fsp3) is 0.176. The van der Waals surface area contributed by atoms with Crippen LogP contribution in [0.3, 0.4) is 0 Å². The summed E-state index contributed by atoms with van der Waals surface area (Å²) in [5.41, 5.74) is 11.5. The molecule has 2 atom stereocenters. The van der Waals surface area contributed by atoms with Gasteiger partial charge in [0, 0.05) is 29.1 Å². The number of para-hydroxylation sites is 1. The molecule has 3 N–H and O–H groups in total. The van der Waals surface area contributed by atoms with Gasteiger partial charge in [-0.15, -0.1) is 0 Å². The van der Waals surface area contributed by atoms with E-state index in [-0.39, 0.29) is 6.04 Å². The van der Waals surface area contributed by atoms with Crippen LogP contribution in [0.1, 0.15) is 35.1 Å². The van der Waals surface area contributed by atoms with Gasteiger partial charge in [0.1, 0.15) is 0 Å². The number of H-pyrrole nitrogens is 1. The summed E-state index contributed by atoms with van der Waals surface area (Å²) in [6.07, 6.45) is 3.14. The summed E-state index contributed by atoms with van der Waals surface area (Å²) in [6.45, 7) is 0. The first-order chi connectivity index (χ1) is 9.34. The second kappa shape index (κ2) is 3.97. The van der Waals surface area contributed by atoms with Crippen molar-refractivity contribution in [1.29, 1.82) is 0 Å². The van der Waals surface area contributed by atoms with Crippen molar-refractivity contribution in [1.82, 2.24) is 4.98 Å². The van der Waals surface area contributed by atoms with Crippen LogP contribution < -0.4 is 5.73 Å². The largest absolute Gasteiger partial charge is 0.361 e. The third kappa shape index (κ3) is 1.53. The third-order valence-corrected chi connectivity index (χ3v) is 4.26. The number of hydrogen-bond donors (Lipinski definition) is 2. The van der Waals surface area contributed by atoms with Crippen molar-refractivity contribution in [2.75, 3.05) is 0 Å². The first kappa shape index (κ1) is 10.8. The highest BCUT2D eigenvalue weighted by Gasteiger charge is 2.30. The van der Waals surface area contributed by atoms with Crippen molar-refractivity contribution < 1.29 is 0 Å². The molecule has 1 heterocycles. The van der Waals surface area contributed by atoms with Crippen LogP contribution >= 0.6 is 0 Å². The molecule has 94 valence electrons. The molecule has 2 aromatic carbocycles. The number of hydrogen-bond acceptors (Lipinski definition) is 1. The maximum atomic E-state index is 6.28. The van der Waals surface area contributed by atoms with Gasteiger partial charge < -0.3 is 10.7 Å². The summed E-state index contributed by atoms with van der Waals surface area (Å²) in [7, 11) is 0. The fourth-order valence-corrected chi connectivity index (χ4v) is 3.35. The summed E-state index contributed by atoms with van der Waals surface area (Å²) >= 11 is 0. The van der Waals surface area contributed by atoms with E-state index in [9.17, 15) is 0 Å². The summed E-state index contributed by atoms with van der Waals surface area (Å²) in [4.78, 5) is 3.37. The first-order valence-corrected chi connectivity index (χ1v) is 6.75. The monoisotopic (exact) mass is 248 g/mol. The number of fused-ring (bicyclic) bond motifs is 2. The highest BCUT2D eigenvalue weighted by atomic mass is 14.7. The van der Waals surface area contributed by atoms with E-state index in [4.69, 9.17) is 5.73 Å². The van der Waals surface area contributed by atoms with E-state index in [2.05, 4.69) is 59.7 Å². The van der Waals surface area contributed by atoms with Crippen LogP contribution in [0.2, 0.25) is 0 Å². The number of nitrogens with one attached hydrogen (secondary N) is 1. The second-order valence-electron chi connectivity index (χ2n) is 5.31. The van der Waals surface area contributed by atoms with Crippen LogP contribution in [-0.4, -0.2) is 4.98 Å². The molecule has 1 aromatic heterocycles. The SMILES string of the molecule is N[C@H]1C[C@@H](c2c[nH]c3ccccc23)c2ccccc21. The van der Waals surface area contributed by atoms with Crippen LogP contribution in [0.25, 0.3) is 10.9 Å². The van der Waals surface area contributed by atoms with Gasteiger partial charge in [0.05, 0.1) is 0 Å². The average Bonchev–Trinajstić information content (AvgIpc) is 3.01. The molecule has 19 heavy (non-hydrogen) atoms. The van der Waals surface area contributed by atoms with E-state index in [0.717, 1.165) is 6.42 Å². The van der Waals surface area contributed by atoms with Gasteiger partial charge in [-0.25, -0.2) is 0 Å². The molecule has 0 unspecified atom stereocenters. The lowest BCUT2D eigenvalue weighted by Crippen LogP contribution is -2.05. The Bertz CT molecular complexity index is 742. The van der Waals surface area contributed by atoms with E-state index in [1.165, 1.54) is 27.6 Å². The van der Waals surface area contributed by atoms with Gasteiger partial charge >= 0.3 is 0 Å². The zero-order chi connectivity index (χ0) is 12.8. The summed E-state index contributed by atoms with van der Waals surface area (Å²) < 4.78 is 0. The maximum absolute atomic E-state index is 6.28. The Morgan fingerprint density at radius 2 is 1.63 bits per heavy atom. The van der Waals surface area contributed by atoms with Crippen LogP contribution in [0.15, 0.2) is 54.7 Å². The number of aromatic nitrogens is 1. The number of rotatable bonds is 1. The highest BCUT2D eigenvalue weighted by molar-refractivity contribution is 5.84. The predicted molar refractivity (Wildman–Crippen MR) is 78.1 cm³/mol. The van der Waals surface area contributed by atoms with Crippen LogP contribution in [0, 0.1) is 0 Å². The molecular formula is C17H16N2. The summed E-state index contributed by atoms with van der Waals surface area (Å²) in [5, 5.41) is 1.32. The fourth-order valence-electron chi connectivity index (χ4n) is 3.35. The van der Waals surface area contributed by atoms with Gasteiger partial charge in [0.15, 0.2) is 0 Å². The molecular weight excluding hydrogens is 232 g/mol. The minimum atomic E-state index is 0.162. The van der Waals surface area contributed by atoms with Gasteiger partial charge in [0.2, 0.25) is 0 Å². The molecule has 0 radical (unpaired) electrons. The van der Waals surface area contributed by atoms with Crippen molar-refractivity contribution in [3.63, 3.8) is 0 Å². The molecule has 0 saturated heterocycles. The van der Waals surface area contributed by atoms with E-state index in [1.54, 1.807) is 0 Å². The maximum Gasteiger partial charge on any atom is 0.0457 e. The van der Waals surface area contributed by atoms with Gasteiger partial charge in [-0.05, 0) is 29.2 Å². The van der Waals surface area contributed by atoms with Gasteiger partial charge in [-0.1, -0.05) is 42.5 Å². The van der Waals surface area contributed by atoms with E-state index < -0.39 is 0 Å². The number of nitrogens with two attached hydrogens (primary N) is 1. The Morgan fingerprint density at radius 3 is 2.53 bits per heavy atom. The smallest absolute Gasteiger partial charge is 0.0457 e. The molecule has 0 aliphatic heterocycles. The lowest BCUT2D eigenvalue weighted by atomic mass is 9.93. The molecule has 4 rings (SSSR count). The summed E-state index contributed by atoms with van der Waals surface area (Å²) in [5.74, 6) is 0.419. The molecule has 0 amide bonds. The van der Waals surface area contributed by atoms with Crippen LogP contribution in [0.4, 0.5) is 0 Å². The number of benzene rings is 2. The Morgan fingerprint density at radius 1 is 0.895 bits per heavy atom. The molecule has 0 fully saturated rings. The standard InChI is InChI=1S/C17H16N2/c18-16-9-14(11-5-1-2-6-12(11)16)15-10-19-17-8-4-3-7-13(15)17/h1-8,10,14,16,19H,9,18H2/t14-,16+/m1/s1. The lowest BCUT2D eigenvalue weighted by molar-refractivity contribution is 0.664. The lowest BCUT2D eigenvalue weighted by Gasteiger charge is -2.10. The molecule has 2 nitrogen and oxygen atoms in total.